The zero-order valence-electron chi connectivity index (χ0n) is 7.08. The van der Waals surface area contributed by atoms with Gasteiger partial charge in [-0.2, -0.15) is 4.37 Å². The molecule has 0 bridgehead atoms. The summed E-state index contributed by atoms with van der Waals surface area (Å²) in [5, 5.41) is 1.48. The van der Waals surface area contributed by atoms with Gasteiger partial charge < -0.3 is 0 Å². The third-order valence-corrected chi connectivity index (χ3v) is 4.25. The number of halogens is 3. The zero-order chi connectivity index (χ0) is 10.8. The molecule has 0 N–H and O–H groups in total. The summed E-state index contributed by atoms with van der Waals surface area (Å²) in [6.07, 6.45) is 0. The van der Waals surface area contributed by atoms with Gasteiger partial charge in [-0.15, -0.1) is 0 Å². The highest BCUT2D eigenvalue weighted by Crippen LogP contribution is 2.27. The van der Waals surface area contributed by atoms with Gasteiger partial charge in [0.1, 0.15) is 0 Å². The smallest absolute Gasteiger partial charge is 0.179 e. The van der Waals surface area contributed by atoms with Crippen LogP contribution in [0.5, 0.6) is 0 Å². The van der Waals surface area contributed by atoms with E-state index in [1.165, 1.54) is 20.9 Å². The summed E-state index contributed by atoms with van der Waals surface area (Å²) in [4.78, 5) is 4.29. The minimum absolute atomic E-state index is 0.399. The second-order valence-corrected chi connectivity index (χ2v) is 5.59. The van der Waals surface area contributed by atoms with Crippen molar-refractivity contribution in [2.45, 2.75) is 0 Å². The summed E-state index contributed by atoms with van der Waals surface area (Å²) in [5.41, 5.74) is 0.638. The Morgan fingerprint density at radius 3 is 2.60 bits per heavy atom. The van der Waals surface area contributed by atoms with Crippen molar-refractivity contribution < 1.29 is 0 Å². The average Bonchev–Trinajstić information content (AvgIpc) is 2.57. The van der Waals surface area contributed by atoms with E-state index in [9.17, 15) is 0 Å². The van der Waals surface area contributed by atoms with Crippen molar-refractivity contribution >= 4 is 61.4 Å². The van der Waals surface area contributed by atoms with E-state index < -0.39 is 0 Å². The molecule has 0 fully saturated rings. The molecule has 1 heterocycles. The van der Waals surface area contributed by atoms with E-state index in [1.54, 1.807) is 18.2 Å². The van der Waals surface area contributed by atoms with Crippen LogP contribution in [0, 0.1) is 0 Å². The maximum Gasteiger partial charge on any atom is 0.179 e. The summed E-state index contributed by atoms with van der Waals surface area (Å²) >= 11 is 17.6. The fourth-order valence-corrected chi connectivity index (χ4v) is 3.34. The highest BCUT2D eigenvalue weighted by atomic mass is 35.5. The molecule has 0 aliphatic heterocycles. The van der Waals surface area contributed by atoms with E-state index >= 15 is 0 Å². The normalized spacial score (nSPS) is 12.1. The average molecular weight is 298 g/mol. The standard InChI is InChI=1S/C8H3Cl3N2S2/c9-4-1-2-6(5(10)3-4)12-8-7(11)13-15-14-8/h1-3H. The van der Waals surface area contributed by atoms with Crippen LogP contribution in [-0.4, -0.2) is 4.37 Å². The van der Waals surface area contributed by atoms with Crippen molar-refractivity contribution in [3.8, 4) is 0 Å². The number of aromatic nitrogens is 1. The molecule has 0 aliphatic carbocycles. The number of hydrogen-bond donors (Lipinski definition) is 0. The fourth-order valence-electron chi connectivity index (χ4n) is 0.906. The Kier molecular flexibility index (Phi) is 3.64. The summed E-state index contributed by atoms with van der Waals surface area (Å²) in [6, 6.07) is 5.11. The lowest BCUT2D eigenvalue weighted by atomic mass is 10.3. The number of nitrogens with zero attached hydrogens (tertiary/aromatic N) is 2. The van der Waals surface area contributed by atoms with Crippen LogP contribution in [0.25, 0.3) is 0 Å². The maximum atomic E-state index is 5.97. The van der Waals surface area contributed by atoms with Gasteiger partial charge in [0.2, 0.25) is 0 Å². The lowest BCUT2D eigenvalue weighted by molar-refractivity contribution is 1.37. The Bertz CT molecular complexity index is 547. The Balaban J connectivity index is 2.53. The first-order valence-electron chi connectivity index (χ1n) is 3.78. The van der Waals surface area contributed by atoms with E-state index in [4.69, 9.17) is 34.8 Å². The van der Waals surface area contributed by atoms with Crippen molar-refractivity contribution in [1.82, 2.24) is 4.37 Å². The second kappa shape index (κ2) is 4.80. The molecule has 1 aromatic heterocycles. The van der Waals surface area contributed by atoms with Gasteiger partial charge >= 0.3 is 0 Å². The summed E-state index contributed by atoms with van der Waals surface area (Å²) in [6.45, 7) is 0. The van der Waals surface area contributed by atoms with Crippen molar-refractivity contribution in [3.63, 3.8) is 0 Å². The highest BCUT2D eigenvalue weighted by Gasteiger charge is 2.01. The Morgan fingerprint density at radius 1 is 1.20 bits per heavy atom. The van der Waals surface area contributed by atoms with Crippen molar-refractivity contribution in [3.05, 3.63) is 38.1 Å². The lowest BCUT2D eigenvalue weighted by Crippen LogP contribution is -1.92. The minimum atomic E-state index is 0.399. The topological polar surface area (TPSA) is 25.2 Å². The highest BCUT2D eigenvalue weighted by molar-refractivity contribution is 7.66. The summed E-state index contributed by atoms with van der Waals surface area (Å²) in [5.74, 6) is 0. The van der Waals surface area contributed by atoms with Gasteiger partial charge in [0.25, 0.3) is 0 Å². The van der Waals surface area contributed by atoms with Gasteiger partial charge in [-0.1, -0.05) is 34.8 Å². The molecule has 0 amide bonds. The van der Waals surface area contributed by atoms with Crippen LogP contribution in [0.1, 0.15) is 0 Å². The molecule has 2 aromatic rings. The molecule has 0 spiro atoms. The lowest BCUT2D eigenvalue weighted by Gasteiger charge is -1.96. The molecular formula is C8H3Cl3N2S2. The van der Waals surface area contributed by atoms with Gasteiger partial charge in [0, 0.05) is 15.6 Å². The number of hydrogen-bond acceptors (Lipinski definition) is 4. The molecule has 1 aromatic carbocycles. The largest absolute Gasteiger partial charge is 0.232 e. The maximum absolute atomic E-state index is 5.97. The van der Waals surface area contributed by atoms with Gasteiger partial charge in [-0.3, -0.25) is 0 Å². The SMILES string of the molecule is Clc1ccc(N=c2ssnc2Cl)c(Cl)c1. The molecule has 7 heteroatoms. The van der Waals surface area contributed by atoms with Gasteiger partial charge in [-0.25, -0.2) is 4.99 Å². The van der Waals surface area contributed by atoms with Crippen LogP contribution >= 0.6 is 55.7 Å². The van der Waals surface area contributed by atoms with Crippen LogP contribution in [0.2, 0.25) is 15.2 Å². The van der Waals surface area contributed by atoms with Gasteiger partial charge in [0.05, 0.1) is 10.7 Å². The Labute approximate surface area is 108 Å². The third kappa shape index (κ3) is 2.71. The van der Waals surface area contributed by atoms with E-state index in [-0.39, 0.29) is 0 Å². The van der Waals surface area contributed by atoms with Crippen molar-refractivity contribution in [2.75, 3.05) is 0 Å². The molecule has 78 valence electrons. The zero-order valence-corrected chi connectivity index (χ0v) is 11.0. The molecular weight excluding hydrogens is 295 g/mol. The number of benzene rings is 1. The number of rotatable bonds is 1. The summed E-state index contributed by atoms with van der Waals surface area (Å²) < 4.78 is 4.58. The van der Waals surface area contributed by atoms with Gasteiger partial charge in [-0.05, 0) is 28.5 Å². The minimum Gasteiger partial charge on any atom is -0.232 e. The molecule has 0 aliphatic rings. The van der Waals surface area contributed by atoms with E-state index in [2.05, 4.69) is 9.37 Å². The van der Waals surface area contributed by atoms with Crippen LogP contribution in [0.4, 0.5) is 5.69 Å². The fraction of sp³-hybridized carbons (Fsp3) is 0. The molecule has 0 saturated heterocycles. The molecule has 15 heavy (non-hydrogen) atoms. The molecule has 0 atom stereocenters. The third-order valence-electron chi connectivity index (χ3n) is 1.54. The van der Waals surface area contributed by atoms with Crippen LogP contribution in [0.15, 0.2) is 23.2 Å². The predicted molar refractivity (Wildman–Crippen MR) is 66.7 cm³/mol. The van der Waals surface area contributed by atoms with Crippen LogP contribution in [0.3, 0.4) is 0 Å². The van der Waals surface area contributed by atoms with Gasteiger partial charge in [0.15, 0.2) is 9.82 Å². The Morgan fingerprint density at radius 2 is 2.00 bits per heavy atom. The molecule has 0 saturated carbocycles. The molecule has 2 nitrogen and oxygen atoms in total. The second-order valence-electron chi connectivity index (χ2n) is 2.55. The monoisotopic (exact) mass is 296 g/mol. The van der Waals surface area contributed by atoms with E-state index in [0.717, 1.165) is 0 Å². The molecule has 0 radical (unpaired) electrons. The van der Waals surface area contributed by atoms with E-state index in [0.29, 0.717) is 25.6 Å². The van der Waals surface area contributed by atoms with Crippen molar-refractivity contribution in [1.29, 1.82) is 0 Å². The van der Waals surface area contributed by atoms with Crippen LogP contribution in [-0.2, 0) is 0 Å². The predicted octanol–water partition coefficient (Wildman–Crippen LogP) is 4.40. The first-order valence-corrected chi connectivity index (χ1v) is 7.02. The first kappa shape index (κ1) is 11.4. The quantitative estimate of drug-likeness (QED) is 0.716. The molecule has 2 rings (SSSR count). The molecule has 0 unspecified atom stereocenters. The van der Waals surface area contributed by atoms with E-state index in [1.807, 2.05) is 0 Å². The first-order chi connectivity index (χ1) is 7.16. The van der Waals surface area contributed by atoms with Crippen LogP contribution < -0.4 is 4.67 Å². The summed E-state index contributed by atoms with van der Waals surface area (Å²) in [7, 11) is 2.69. The Hall–Kier alpha value is -0.130. The van der Waals surface area contributed by atoms with Crippen molar-refractivity contribution in [2.24, 2.45) is 4.99 Å².